The molecule has 0 aliphatic heterocycles. The smallest absolute Gasteiger partial charge is 0.338 e. The lowest BCUT2D eigenvalue weighted by atomic mass is 10.2. The molecule has 3 rings (SSSR count). The molecule has 3 aromatic rings. The topological polar surface area (TPSA) is 66.2 Å². The van der Waals surface area contributed by atoms with E-state index in [-0.39, 0.29) is 19.0 Å². The summed E-state index contributed by atoms with van der Waals surface area (Å²) < 4.78 is 24.8. The number of benzene rings is 2. The summed E-state index contributed by atoms with van der Waals surface area (Å²) in [6.45, 7) is 0.287. The average Bonchev–Trinajstić information content (AvgIpc) is 3.15. The maximum absolute atomic E-state index is 12.8. The van der Waals surface area contributed by atoms with Crippen LogP contribution in [0.25, 0.3) is 5.69 Å². The van der Waals surface area contributed by atoms with Crippen molar-refractivity contribution < 1.29 is 18.7 Å². The molecule has 0 spiro atoms. The molecule has 122 valence electrons. The molecule has 0 bridgehead atoms. The lowest BCUT2D eigenvalue weighted by Gasteiger charge is -2.08. The van der Waals surface area contributed by atoms with E-state index in [4.69, 9.17) is 9.47 Å². The maximum atomic E-state index is 12.8. The Morgan fingerprint density at radius 2 is 1.79 bits per heavy atom. The highest BCUT2D eigenvalue weighted by atomic mass is 19.1. The summed E-state index contributed by atoms with van der Waals surface area (Å²) in [7, 11) is 0. The molecule has 1 aromatic heterocycles. The zero-order chi connectivity index (χ0) is 16.8. The molecule has 0 unspecified atom stereocenters. The third-order valence-electron chi connectivity index (χ3n) is 3.19. The molecule has 1 heterocycles. The number of hydrogen-bond acceptors (Lipinski definition) is 5. The summed E-state index contributed by atoms with van der Waals surface area (Å²) in [5.74, 6) is -0.254. The minimum atomic E-state index is -0.442. The van der Waals surface area contributed by atoms with Gasteiger partial charge in [-0.1, -0.05) is 0 Å². The maximum Gasteiger partial charge on any atom is 0.338 e. The molecule has 0 aliphatic rings. The van der Waals surface area contributed by atoms with E-state index < -0.39 is 5.97 Å². The molecule has 0 aliphatic carbocycles. The van der Waals surface area contributed by atoms with Gasteiger partial charge in [0.05, 0.1) is 11.3 Å². The summed E-state index contributed by atoms with van der Waals surface area (Å²) in [6.07, 6.45) is 3.00. The monoisotopic (exact) mass is 327 g/mol. The molecular weight excluding hydrogens is 313 g/mol. The molecule has 0 fully saturated rings. The van der Waals surface area contributed by atoms with Gasteiger partial charge in [0.1, 0.15) is 37.4 Å². The van der Waals surface area contributed by atoms with Gasteiger partial charge in [-0.25, -0.2) is 18.9 Å². The van der Waals surface area contributed by atoms with Gasteiger partial charge in [-0.05, 0) is 48.5 Å². The number of aromatic nitrogens is 3. The van der Waals surface area contributed by atoms with Gasteiger partial charge in [-0.3, -0.25) is 0 Å². The van der Waals surface area contributed by atoms with Crippen LogP contribution in [0.3, 0.4) is 0 Å². The third-order valence-corrected chi connectivity index (χ3v) is 3.19. The zero-order valence-electron chi connectivity index (χ0n) is 12.6. The first-order valence-electron chi connectivity index (χ1n) is 7.23. The zero-order valence-corrected chi connectivity index (χ0v) is 12.6. The van der Waals surface area contributed by atoms with Crippen LogP contribution in [0.1, 0.15) is 10.4 Å². The predicted octanol–water partition coefficient (Wildman–Crippen LogP) is 2.64. The van der Waals surface area contributed by atoms with Gasteiger partial charge in [-0.2, -0.15) is 5.10 Å². The Morgan fingerprint density at radius 1 is 1.04 bits per heavy atom. The van der Waals surface area contributed by atoms with Crippen LogP contribution in [0.2, 0.25) is 0 Å². The number of halogens is 1. The Bertz CT molecular complexity index is 787. The number of carbonyl (C=O) groups excluding carboxylic acids is 1. The van der Waals surface area contributed by atoms with Crippen molar-refractivity contribution in [1.29, 1.82) is 0 Å². The quantitative estimate of drug-likeness (QED) is 0.514. The van der Waals surface area contributed by atoms with Crippen molar-refractivity contribution in [2.24, 2.45) is 0 Å². The van der Waals surface area contributed by atoms with Gasteiger partial charge in [0.15, 0.2) is 0 Å². The van der Waals surface area contributed by atoms with Gasteiger partial charge < -0.3 is 9.47 Å². The Kier molecular flexibility index (Phi) is 4.81. The van der Waals surface area contributed by atoms with Crippen molar-refractivity contribution >= 4 is 5.97 Å². The van der Waals surface area contributed by atoms with Crippen molar-refractivity contribution in [3.63, 3.8) is 0 Å². The van der Waals surface area contributed by atoms with Crippen LogP contribution in [0.5, 0.6) is 5.75 Å². The largest absolute Gasteiger partial charge is 0.490 e. The number of carbonyl (C=O) groups is 1. The summed E-state index contributed by atoms with van der Waals surface area (Å²) in [4.78, 5) is 15.8. The minimum absolute atomic E-state index is 0.0983. The van der Waals surface area contributed by atoms with Crippen molar-refractivity contribution in [3.05, 3.63) is 72.6 Å². The first-order chi connectivity index (χ1) is 11.7. The molecule has 6 nitrogen and oxygen atoms in total. The first-order valence-corrected chi connectivity index (χ1v) is 7.23. The number of ether oxygens (including phenoxy) is 2. The van der Waals surface area contributed by atoms with Crippen LogP contribution >= 0.6 is 0 Å². The fourth-order valence-electron chi connectivity index (χ4n) is 2.00. The molecule has 24 heavy (non-hydrogen) atoms. The fraction of sp³-hybridized carbons (Fsp3) is 0.118. The minimum Gasteiger partial charge on any atom is -0.490 e. The second-order valence-corrected chi connectivity index (χ2v) is 4.83. The van der Waals surface area contributed by atoms with Gasteiger partial charge in [0.2, 0.25) is 0 Å². The SMILES string of the molecule is O=C(OCCOc1ccc(F)cc1)c1ccc(-n2cncn2)cc1. The van der Waals surface area contributed by atoms with Crippen LogP contribution in [-0.2, 0) is 4.74 Å². The van der Waals surface area contributed by atoms with Crippen LogP contribution in [0.15, 0.2) is 61.2 Å². The van der Waals surface area contributed by atoms with E-state index in [1.807, 2.05) is 0 Å². The summed E-state index contributed by atoms with van der Waals surface area (Å²) in [5, 5.41) is 4.01. The molecule has 7 heteroatoms. The molecule has 0 radical (unpaired) electrons. The van der Waals surface area contributed by atoms with Crippen LogP contribution in [0, 0.1) is 5.82 Å². The van der Waals surface area contributed by atoms with Gasteiger partial charge in [0.25, 0.3) is 0 Å². The van der Waals surface area contributed by atoms with E-state index in [0.29, 0.717) is 11.3 Å². The number of rotatable bonds is 6. The Morgan fingerprint density at radius 3 is 2.46 bits per heavy atom. The van der Waals surface area contributed by atoms with E-state index in [0.717, 1.165) is 5.69 Å². The number of hydrogen-bond donors (Lipinski definition) is 0. The molecule has 0 amide bonds. The Labute approximate surface area is 137 Å². The van der Waals surface area contributed by atoms with Crippen LogP contribution in [-0.4, -0.2) is 33.9 Å². The molecule has 0 atom stereocenters. The van der Waals surface area contributed by atoms with Gasteiger partial charge in [-0.15, -0.1) is 0 Å². The van der Waals surface area contributed by atoms with Gasteiger partial charge in [0, 0.05) is 0 Å². The number of nitrogens with zero attached hydrogens (tertiary/aromatic N) is 3. The van der Waals surface area contributed by atoms with Crippen molar-refractivity contribution in [3.8, 4) is 11.4 Å². The number of esters is 1. The lowest BCUT2D eigenvalue weighted by molar-refractivity contribution is 0.0450. The molecule has 0 saturated heterocycles. The Balaban J connectivity index is 1.47. The van der Waals surface area contributed by atoms with E-state index in [2.05, 4.69) is 10.1 Å². The Hall–Kier alpha value is -3.22. The standard InChI is InChI=1S/C17H14FN3O3/c18-14-3-7-16(8-4-14)23-9-10-24-17(22)13-1-5-15(6-2-13)21-12-19-11-20-21/h1-8,11-12H,9-10H2. The highest BCUT2D eigenvalue weighted by Gasteiger charge is 2.07. The molecular formula is C17H14FN3O3. The highest BCUT2D eigenvalue weighted by molar-refractivity contribution is 5.89. The highest BCUT2D eigenvalue weighted by Crippen LogP contribution is 2.11. The van der Waals surface area contributed by atoms with Crippen LogP contribution in [0.4, 0.5) is 4.39 Å². The van der Waals surface area contributed by atoms with E-state index in [1.165, 1.54) is 30.6 Å². The summed E-state index contributed by atoms with van der Waals surface area (Å²) in [5.41, 5.74) is 1.23. The van der Waals surface area contributed by atoms with Crippen LogP contribution < -0.4 is 4.74 Å². The van der Waals surface area contributed by atoms with Crippen molar-refractivity contribution in [2.45, 2.75) is 0 Å². The summed E-state index contributed by atoms with van der Waals surface area (Å²) >= 11 is 0. The molecule has 0 N–H and O–H groups in total. The molecule has 2 aromatic carbocycles. The van der Waals surface area contributed by atoms with Crippen molar-refractivity contribution in [1.82, 2.24) is 14.8 Å². The average molecular weight is 327 g/mol. The second-order valence-electron chi connectivity index (χ2n) is 4.83. The van der Waals surface area contributed by atoms with Gasteiger partial charge >= 0.3 is 5.97 Å². The first kappa shape index (κ1) is 15.7. The van der Waals surface area contributed by atoms with E-state index in [9.17, 15) is 9.18 Å². The lowest BCUT2D eigenvalue weighted by Crippen LogP contribution is -2.12. The summed E-state index contributed by atoms with van der Waals surface area (Å²) in [6, 6.07) is 12.4. The van der Waals surface area contributed by atoms with Crippen molar-refractivity contribution in [2.75, 3.05) is 13.2 Å². The molecule has 0 saturated carbocycles. The van der Waals surface area contributed by atoms with E-state index >= 15 is 0 Å². The fourth-order valence-corrected chi connectivity index (χ4v) is 2.00. The van der Waals surface area contributed by atoms with E-state index in [1.54, 1.807) is 35.3 Å². The predicted molar refractivity (Wildman–Crippen MR) is 83.5 cm³/mol. The normalized spacial score (nSPS) is 10.4. The third kappa shape index (κ3) is 3.95. The second kappa shape index (κ2) is 7.36.